The first kappa shape index (κ1) is 21.3. The van der Waals surface area contributed by atoms with Crippen LogP contribution < -0.4 is 4.90 Å². The Morgan fingerprint density at radius 3 is 2.35 bits per heavy atom. The van der Waals surface area contributed by atoms with Gasteiger partial charge in [-0.15, -0.1) is 11.8 Å². The van der Waals surface area contributed by atoms with Crippen LogP contribution in [0.4, 0.5) is 5.69 Å². The highest BCUT2D eigenvalue weighted by Gasteiger charge is 2.28. The molecule has 0 atom stereocenters. The Morgan fingerprint density at radius 1 is 1.19 bits per heavy atom. The molecular formula is C19H30N2O3S2. The Bertz CT molecular complexity index is 735. The molecule has 2 rings (SSSR count). The number of rotatable bonds is 6. The first-order valence-electron chi connectivity index (χ1n) is 9.18. The van der Waals surface area contributed by atoms with Crippen molar-refractivity contribution in [3.63, 3.8) is 0 Å². The van der Waals surface area contributed by atoms with Crippen LogP contribution in [0.3, 0.4) is 0 Å². The second kappa shape index (κ2) is 8.76. The number of nitrogens with zero attached hydrogens (tertiary/aromatic N) is 2. The molecule has 0 aromatic heterocycles. The van der Waals surface area contributed by atoms with Crippen molar-refractivity contribution in [3.8, 4) is 0 Å². The number of carbonyl (C=O) groups excluding carboxylic acids is 1. The predicted octanol–water partition coefficient (Wildman–Crippen LogP) is 3.84. The van der Waals surface area contributed by atoms with Crippen molar-refractivity contribution in [3.05, 3.63) is 18.2 Å². The van der Waals surface area contributed by atoms with E-state index in [9.17, 15) is 13.2 Å². The van der Waals surface area contributed by atoms with Gasteiger partial charge in [-0.3, -0.25) is 4.79 Å². The second-order valence-corrected chi connectivity index (χ2v) is 10.7. The van der Waals surface area contributed by atoms with Crippen LogP contribution in [0.2, 0.25) is 0 Å². The summed E-state index contributed by atoms with van der Waals surface area (Å²) in [6.45, 7) is 11.2. The molecule has 0 saturated heterocycles. The summed E-state index contributed by atoms with van der Waals surface area (Å²) in [7, 11) is -3.60. The predicted molar refractivity (Wildman–Crippen MR) is 108 cm³/mol. The summed E-state index contributed by atoms with van der Waals surface area (Å²) in [6, 6.07) is 5.20. The minimum atomic E-state index is -3.60. The summed E-state index contributed by atoms with van der Waals surface area (Å²) < 4.78 is 28.1. The lowest BCUT2D eigenvalue weighted by atomic mass is 10.2. The molecule has 0 radical (unpaired) electrons. The van der Waals surface area contributed by atoms with E-state index in [4.69, 9.17) is 0 Å². The topological polar surface area (TPSA) is 57.7 Å². The number of amides is 1. The van der Waals surface area contributed by atoms with E-state index in [-0.39, 0.29) is 22.6 Å². The zero-order valence-corrected chi connectivity index (χ0v) is 18.0. The van der Waals surface area contributed by atoms with Gasteiger partial charge >= 0.3 is 0 Å². The number of carbonyl (C=O) groups is 1. The van der Waals surface area contributed by atoms with Crippen molar-refractivity contribution in [2.45, 2.75) is 50.8 Å². The molecular weight excluding hydrogens is 368 g/mol. The van der Waals surface area contributed by atoms with Gasteiger partial charge in [0.05, 0.1) is 10.6 Å². The monoisotopic (exact) mass is 398 g/mol. The van der Waals surface area contributed by atoms with Crippen LogP contribution in [0, 0.1) is 11.8 Å². The number of fused-ring (bicyclic) bond motifs is 1. The highest BCUT2D eigenvalue weighted by molar-refractivity contribution is 7.99. The standard InChI is InChI=1S/C19H30N2O3S2/c1-14(2)12-20(13-15(3)4)26(23,24)17-7-8-19-18(11-17)21(16(5)22)9-6-10-25-19/h7-8,11,14-15H,6,9-10,12-13H2,1-5H3. The maximum Gasteiger partial charge on any atom is 0.243 e. The number of hydrogen-bond acceptors (Lipinski definition) is 4. The van der Waals surface area contributed by atoms with Crippen LogP contribution in [0.15, 0.2) is 28.0 Å². The molecule has 1 aliphatic heterocycles. The summed E-state index contributed by atoms with van der Waals surface area (Å²) in [4.78, 5) is 15.0. The lowest BCUT2D eigenvalue weighted by Gasteiger charge is -2.27. The van der Waals surface area contributed by atoms with Crippen LogP contribution in [0.1, 0.15) is 41.0 Å². The van der Waals surface area contributed by atoms with E-state index in [1.54, 1.807) is 33.1 Å². The maximum absolute atomic E-state index is 13.3. The summed E-state index contributed by atoms with van der Waals surface area (Å²) in [5, 5.41) is 0. The van der Waals surface area contributed by atoms with E-state index in [2.05, 4.69) is 0 Å². The number of thioether (sulfide) groups is 1. The van der Waals surface area contributed by atoms with Gasteiger partial charge in [-0.1, -0.05) is 27.7 Å². The Hall–Kier alpha value is -1.05. The average Bonchev–Trinajstić information content (AvgIpc) is 2.74. The van der Waals surface area contributed by atoms with Gasteiger partial charge in [-0.2, -0.15) is 4.31 Å². The van der Waals surface area contributed by atoms with Crippen molar-refractivity contribution >= 4 is 33.4 Å². The summed E-state index contributed by atoms with van der Waals surface area (Å²) in [5.41, 5.74) is 0.718. The van der Waals surface area contributed by atoms with Gasteiger partial charge in [-0.05, 0) is 42.2 Å². The fourth-order valence-corrected chi connectivity index (χ4v) is 5.84. The van der Waals surface area contributed by atoms with E-state index >= 15 is 0 Å². The second-order valence-electron chi connectivity index (χ2n) is 7.61. The summed E-state index contributed by atoms with van der Waals surface area (Å²) in [5.74, 6) is 1.36. The molecule has 0 spiro atoms. The smallest absolute Gasteiger partial charge is 0.243 e. The molecule has 1 heterocycles. The van der Waals surface area contributed by atoms with E-state index in [1.165, 1.54) is 6.92 Å². The van der Waals surface area contributed by atoms with Gasteiger partial charge in [0.15, 0.2) is 0 Å². The van der Waals surface area contributed by atoms with E-state index in [0.717, 1.165) is 22.8 Å². The largest absolute Gasteiger partial charge is 0.311 e. The fourth-order valence-electron chi connectivity index (χ4n) is 3.08. The van der Waals surface area contributed by atoms with Crippen LogP contribution in [-0.4, -0.2) is 44.0 Å². The van der Waals surface area contributed by atoms with E-state index in [0.29, 0.717) is 19.6 Å². The highest BCUT2D eigenvalue weighted by Crippen LogP contribution is 2.36. The Balaban J connectivity index is 2.47. The highest BCUT2D eigenvalue weighted by atomic mass is 32.2. The summed E-state index contributed by atoms with van der Waals surface area (Å²) >= 11 is 1.68. The molecule has 5 nitrogen and oxygen atoms in total. The van der Waals surface area contributed by atoms with Gasteiger partial charge in [-0.25, -0.2) is 8.42 Å². The zero-order chi connectivity index (χ0) is 19.5. The van der Waals surface area contributed by atoms with Crippen LogP contribution >= 0.6 is 11.8 Å². The number of sulfonamides is 1. The van der Waals surface area contributed by atoms with Crippen molar-refractivity contribution in [1.29, 1.82) is 0 Å². The third-order valence-electron chi connectivity index (χ3n) is 4.16. The van der Waals surface area contributed by atoms with Gasteiger partial charge in [0.25, 0.3) is 0 Å². The number of benzene rings is 1. The minimum Gasteiger partial charge on any atom is -0.311 e. The molecule has 0 fully saturated rings. The van der Waals surface area contributed by atoms with Crippen LogP contribution in [0.5, 0.6) is 0 Å². The molecule has 1 amide bonds. The fraction of sp³-hybridized carbons (Fsp3) is 0.632. The molecule has 0 saturated carbocycles. The Labute approximate surface area is 162 Å². The van der Waals surface area contributed by atoms with Crippen molar-refractivity contribution < 1.29 is 13.2 Å². The van der Waals surface area contributed by atoms with Crippen molar-refractivity contribution in [2.75, 3.05) is 30.3 Å². The summed E-state index contributed by atoms with van der Waals surface area (Å²) in [6.07, 6.45) is 0.897. The van der Waals surface area contributed by atoms with Gasteiger partial charge in [0.2, 0.25) is 15.9 Å². The first-order chi connectivity index (χ1) is 12.1. The van der Waals surface area contributed by atoms with E-state index < -0.39 is 10.0 Å². The van der Waals surface area contributed by atoms with Crippen molar-refractivity contribution in [1.82, 2.24) is 4.31 Å². The minimum absolute atomic E-state index is 0.0514. The van der Waals surface area contributed by atoms with E-state index in [1.807, 2.05) is 33.8 Å². The lowest BCUT2D eigenvalue weighted by molar-refractivity contribution is -0.116. The van der Waals surface area contributed by atoms with Gasteiger partial charge in [0.1, 0.15) is 0 Å². The van der Waals surface area contributed by atoms with Gasteiger partial charge in [0, 0.05) is 31.5 Å². The molecule has 146 valence electrons. The zero-order valence-electron chi connectivity index (χ0n) is 16.4. The van der Waals surface area contributed by atoms with Crippen LogP contribution in [0.25, 0.3) is 0 Å². The lowest BCUT2D eigenvalue weighted by Crippen LogP contribution is -2.37. The molecule has 0 unspecified atom stereocenters. The molecule has 0 aliphatic carbocycles. The molecule has 0 N–H and O–H groups in total. The Morgan fingerprint density at radius 2 is 1.81 bits per heavy atom. The van der Waals surface area contributed by atoms with Gasteiger partial charge < -0.3 is 4.90 Å². The molecule has 26 heavy (non-hydrogen) atoms. The number of hydrogen-bond donors (Lipinski definition) is 0. The quantitative estimate of drug-likeness (QED) is 0.731. The molecule has 7 heteroatoms. The molecule has 1 aliphatic rings. The first-order valence-corrected chi connectivity index (χ1v) is 11.6. The third-order valence-corrected chi connectivity index (χ3v) is 7.14. The number of anilines is 1. The van der Waals surface area contributed by atoms with Crippen molar-refractivity contribution in [2.24, 2.45) is 11.8 Å². The average molecular weight is 399 g/mol. The molecule has 0 bridgehead atoms. The third kappa shape index (κ3) is 5.02. The molecule has 1 aromatic carbocycles. The normalized spacial score (nSPS) is 15.5. The van der Waals surface area contributed by atoms with Crippen LogP contribution in [-0.2, 0) is 14.8 Å². The maximum atomic E-state index is 13.3. The Kier molecular flexibility index (Phi) is 7.16. The molecule has 1 aromatic rings. The SMILES string of the molecule is CC(=O)N1CCCSc2ccc(S(=O)(=O)N(CC(C)C)CC(C)C)cc21.